The number of aliphatic hydroxyl groups excluding tert-OH is 4. The van der Waals surface area contributed by atoms with Crippen LogP contribution in [0.15, 0.2) is 146 Å². The number of carboxylic acids is 4. The van der Waals surface area contributed by atoms with Crippen molar-refractivity contribution in [3.05, 3.63) is 212 Å². The Bertz CT molecular complexity index is 3700. The molecule has 8 atom stereocenters. The molecule has 29 heteroatoms. The Hall–Kier alpha value is -11.1. The van der Waals surface area contributed by atoms with Crippen LogP contribution in [0.3, 0.4) is 0 Å². The van der Waals surface area contributed by atoms with Crippen LogP contribution in [0.1, 0.15) is 167 Å². The molecule has 4 aliphatic heterocycles. The predicted octanol–water partition coefficient (Wildman–Crippen LogP) is 2.60. The van der Waals surface area contributed by atoms with E-state index in [1.807, 2.05) is 24.3 Å². The number of phenols is 8. The number of aliphatic hydroxyl groups is 4. The lowest BCUT2D eigenvalue weighted by Gasteiger charge is -2.31. The maximum absolute atomic E-state index is 10.1. The SMILES string of the molecule is COc1cc(C2NCC(O)c3cc(O)ccc32)ccc1O.COc1cc(C2NCC(O)c3cc(O)ccc32)ccc1O.COc1cc(C2NCC(O)c3cc(O)ccc32)ccc1O.COc1cc(C2NCC(O)c3cc(O)ccc32)ccc1O.O.O=C([O-])CCCCC(=O)[O-].O=C([O-])CCCCC(=O)[O-]. The maximum Gasteiger partial charge on any atom is 0.160 e. The first-order valence-corrected chi connectivity index (χ1v) is 32.9. The van der Waals surface area contributed by atoms with E-state index < -0.39 is 48.3 Å². The van der Waals surface area contributed by atoms with Crippen LogP contribution in [-0.2, 0) is 19.2 Å². The highest BCUT2D eigenvalue weighted by Crippen LogP contribution is 2.43. The van der Waals surface area contributed by atoms with Crippen LogP contribution in [-0.4, -0.2) is 145 Å². The molecule has 0 aromatic heterocycles. The van der Waals surface area contributed by atoms with Gasteiger partial charge in [-0.1, -0.05) is 48.5 Å². The first-order chi connectivity index (χ1) is 49.6. The number of aliphatic carboxylic acids is 4. The topological polar surface area (TPSA) is 520 Å². The fraction of sp³-hybridized carbons (Fsp3) is 0.316. The summed E-state index contributed by atoms with van der Waals surface area (Å²) in [4.78, 5) is 39.1. The lowest BCUT2D eigenvalue weighted by atomic mass is 9.88. The lowest BCUT2D eigenvalue weighted by molar-refractivity contribution is -0.308. The van der Waals surface area contributed by atoms with Crippen LogP contribution in [0, 0.1) is 0 Å². The third-order valence-corrected chi connectivity index (χ3v) is 17.2. The van der Waals surface area contributed by atoms with E-state index in [1.165, 1.54) is 28.4 Å². The Morgan fingerprint density at radius 3 is 0.676 bits per heavy atom. The van der Waals surface area contributed by atoms with E-state index in [-0.39, 0.29) is 101 Å². The molecule has 0 amide bonds. The first kappa shape index (κ1) is 82.8. The van der Waals surface area contributed by atoms with Crippen molar-refractivity contribution in [2.75, 3.05) is 54.6 Å². The molecule has 0 radical (unpaired) electrons. The minimum atomic E-state index is -1.14. The van der Waals surface area contributed by atoms with E-state index in [4.69, 9.17) is 18.9 Å². The second-order valence-corrected chi connectivity index (χ2v) is 24.3. The molecule has 8 aromatic rings. The Kier molecular flexibility index (Phi) is 31.2. The molecule has 4 heterocycles. The number of nitrogens with one attached hydrogen (secondary N) is 4. The van der Waals surface area contributed by atoms with E-state index in [1.54, 1.807) is 121 Å². The predicted molar refractivity (Wildman–Crippen MR) is 371 cm³/mol. The van der Waals surface area contributed by atoms with Gasteiger partial charge in [0.1, 0.15) is 23.0 Å². The molecule has 18 N–H and O–H groups in total. The molecule has 564 valence electrons. The summed E-state index contributed by atoms with van der Waals surface area (Å²) in [6, 6.07) is 40.1. The van der Waals surface area contributed by atoms with E-state index >= 15 is 0 Å². The summed E-state index contributed by atoms with van der Waals surface area (Å²) in [5.41, 5.74) is 10.1. The fourth-order valence-corrected chi connectivity index (χ4v) is 12.0. The number of unbranched alkanes of at least 4 members (excludes halogenated alkanes) is 2. The molecule has 0 bridgehead atoms. The van der Waals surface area contributed by atoms with E-state index in [2.05, 4.69) is 21.3 Å². The lowest BCUT2D eigenvalue weighted by Crippen LogP contribution is -2.33. The van der Waals surface area contributed by atoms with Gasteiger partial charge < -0.3 is 147 Å². The number of carbonyl (C=O) groups excluding carboxylic acids is 4. The van der Waals surface area contributed by atoms with Gasteiger partial charge in [-0.2, -0.15) is 0 Å². The smallest absolute Gasteiger partial charge is 0.160 e. The number of carbonyl (C=O) groups is 4. The van der Waals surface area contributed by atoms with Crippen molar-refractivity contribution < 1.29 is 125 Å². The summed E-state index contributed by atoms with van der Waals surface area (Å²) in [5.74, 6) is -2.06. The number of rotatable bonds is 18. The van der Waals surface area contributed by atoms with Crippen molar-refractivity contribution in [1.82, 2.24) is 21.3 Å². The standard InChI is InChI=1S/4C16H17NO4.2C6H10O4.H2O/c4*1-21-15-6-9(2-5-13(15)19)16-11-4-3-10(18)7-12(11)14(20)8-17-16;2*7-5(8)3-1-2-4-6(9)10;/h4*2-7,14,16-20H,8H2,1H3;2*1-4H2,(H,7,8)(H,9,10);1H2/p-4. The van der Waals surface area contributed by atoms with Gasteiger partial charge in [0.2, 0.25) is 0 Å². The highest BCUT2D eigenvalue weighted by Gasteiger charge is 2.32. The number of phenolic OH excluding ortho intramolecular Hbond substituents is 8. The van der Waals surface area contributed by atoms with Gasteiger partial charge in [0.05, 0.1) is 77.0 Å². The minimum absolute atomic E-state index is 0. The molecule has 105 heavy (non-hydrogen) atoms. The summed E-state index contributed by atoms with van der Waals surface area (Å²) >= 11 is 0. The van der Waals surface area contributed by atoms with Gasteiger partial charge in [-0.25, -0.2) is 0 Å². The summed E-state index contributed by atoms with van der Waals surface area (Å²) in [5, 5.41) is 170. The average Bonchev–Trinajstić information content (AvgIpc) is 0.803. The van der Waals surface area contributed by atoms with E-state index in [0.717, 1.165) is 44.5 Å². The van der Waals surface area contributed by atoms with Gasteiger partial charge in [0, 0.05) is 50.1 Å². The number of benzene rings is 8. The van der Waals surface area contributed by atoms with Crippen molar-refractivity contribution in [2.24, 2.45) is 0 Å². The van der Waals surface area contributed by atoms with Crippen molar-refractivity contribution >= 4 is 23.9 Å². The van der Waals surface area contributed by atoms with Crippen molar-refractivity contribution in [3.63, 3.8) is 0 Å². The average molecular weight is 1460 g/mol. The number of β-amino-alcohol motifs (C(OH)–C–C–N with tert-alkyl or cyclic N) is 4. The molecular formula is C76H86N4O25-4. The van der Waals surface area contributed by atoms with Gasteiger partial charge in [0.15, 0.2) is 46.0 Å². The van der Waals surface area contributed by atoms with Crippen molar-refractivity contribution in [3.8, 4) is 69.0 Å². The van der Waals surface area contributed by atoms with Gasteiger partial charge in [-0.3, -0.25) is 0 Å². The largest absolute Gasteiger partial charge is 0.550 e. The van der Waals surface area contributed by atoms with Crippen LogP contribution < -0.4 is 60.6 Å². The number of carboxylic acid groups (broad SMARTS) is 4. The monoisotopic (exact) mass is 1450 g/mol. The second kappa shape index (κ2) is 39.5. The number of hydrogen-bond acceptors (Lipinski definition) is 28. The van der Waals surface area contributed by atoms with Crippen LogP contribution in [0.5, 0.6) is 69.0 Å². The quantitative estimate of drug-likeness (QED) is 0.0549. The van der Waals surface area contributed by atoms with Gasteiger partial charge >= 0.3 is 0 Å². The molecule has 0 saturated heterocycles. The molecule has 8 aromatic carbocycles. The van der Waals surface area contributed by atoms with E-state index in [9.17, 15) is 101 Å². The van der Waals surface area contributed by atoms with Gasteiger partial charge in [-0.15, -0.1) is 0 Å². The molecule has 0 fully saturated rings. The molecule has 29 nitrogen and oxygen atoms in total. The third-order valence-electron chi connectivity index (χ3n) is 17.2. The van der Waals surface area contributed by atoms with Crippen molar-refractivity contribution in [2.45, 2.75) is 99.9 Å². The van der Waals surface area contributed by atoms with Crippen LogP contribution in [0.4, 0.5) is 0 Å². The number of fused-ring (bicyclic) bond motifs is 4. The molecule has 0 spiro atoms. The highest BCUT2D eigenvalue weighted by molar-refractivity contribution is 5.66. The summed E-state index contributed by atoms with van der Waals surface area (Å²) in [6.07, 6.45) is -1.53. The molecule has 4 aliphatic rings. The van der Waals surface area contributed by atoms with Crippen LogP contribution in [0.2, 0.25) is 0 Å². The Labute approximate surface area is 604 Å². The maximum atomic E-state index is 10.1. The number of hydrogen-bond donors (Lipinski definition) is 16. The summed E-state index contributed by atoms with van der Waals surface area (Å²) in [7, 11) is 6.01. The van der Waals surface area contributed by atoms with Crippen molar-refractivity contribution in [1.29, 1.82) is 0 Å². The highest BCUT2D eigenvalue weighted by atomic mass is 16.5. The molecule has 12 rings (SSSR count). The molecule has 8 unspecified atom stereocenters. The second-order valence-electron chi connectivity index (χ2n) is 24.3. The Balaban J connectivity index is 0.000000202. The zero-order chi connectivity index (χ0) is 75.9. The van der Waals surface area contributed by atoms with Gasteiger partial charge in [0.25, 0.3) is 0 Å². The molecule has 0 saturated carbocycles. The Morgan fingerprint density at radius 1 is 0.314 bits per heavy atom. The summed E-state index contributed by atoms with van der Waals surface area (Å²) < 4.78 is 20.5. The normalized spacial score (nSPS) is 18.4. The third kappa shape index (κ3) is 22.9. The minimum Gasteiger partial charge on any atom is -0.550 e. The number of aromatic hydroxyl groups is 8. The zero-order valence-electron chi connectivity index (χ0n) is 57.7. The zero-order valence-corrected chi connectivity index (χ0v) is 57.7. The fourth-order valence-electron chi connectivity index (χ4n) is 12.0. The first-order valence-electron chi connectivity index (χ1n) is 32.9. The Morgan fingerprint density at radius 2 is 0.505 bits per heavy atom. The summed E-state index contributed by atoms with van der Waals surface area (Å²) in [6.45, 7) is 1.57. The number of methoxy groups -OCH3 is 4. The molecule has 0 aliphatic carbocycles. The van der Waals surface area contributed by atoms with Crippen LogP contribution in [0.25, 0.3) is 0 Å². The van der Waals surface area contributed by atoms with Crippen LogP contribution >= 0.6 is 0 Å². The molecular weight excluding hydrogens is 1370 g/mol. The van der Waals surface area contributed by atoms with E-state index in [0.29, 0.717) is 97.1 Å². The number of ether oxygens (including phenoxy) is 4. The van der Waals surface area contributed by atoms with Gasteiger partial charge in [-0.05, 0) is 215 Å².